The molecule has 0 unspecified atom stereocenters. The summed E-state index contributed by atoms with van der Waals surface area (Å²) in [6, 6.07) is 7.44. The van der Waals surface area contributed by atoms with Gasteiger partial charge >= 0.3 is 0 Å². The third-order valence-corrected chi connectivity index (χ3v) is 4.59. The van der Waals surface area contributed by atoms with Crippen LogP contribution in [0.2, 0.25) is 0 Å². The number of aliphatic hydroxyl groups is 2. The van der Waals surface area contributed by atoms with Gasteiger partial charge in [0.15, 0.2) is 0 Å². The van der Waals surface area contributed by atoms with Gasteiger partial charge < -0.3 is 20.8 Å². The van der Waals surface area contributed by atoms with E-state index in [1.165, 1.54) is 18.3 Å². The smallest absolute Gasteiger partial charge is 0.256 e. The van der Waals surface area contributed by atoms with Crippen molar-refractivity contribution >= 4 is 22.5 Å². The zero-order chi connectivity index (χ0) is 18.3. The lowest BCUT2D eigenvalue weighted by molar-refractivity contribution is 0.0656. The summed E-state index contributed by atoms with van der Waals surface area (Å²) in [5.41, 5.74) is 3.02. The summed E-state index contributed by atoms with van der Waals surface area (Å²) in [5.74, 6) is -0.959. The number of H-pyrrole nitrogens is 1. The maximum absolute atomic E-state index is 13.7. The number of anilines is 1. The van der Waals surface area contributed by atoms with Crippen LogP contribution in [0.1, 0.15) is 27.5 Å². The molecule has 5 N–H and O–H groups in total. The maximum atomic E-state index is 13.7. The van der Waals surface area contributed by atoms with E-state index in [4.69, 9.17) is 5.11 Å². The Morgan fingerprint density at radius 1 is 1.38 bits per heavy atom. The van der Waals surface area contributed by atoms with E-state index in [1.807, 2.05) is 0 Å². The van der Waals surface area contributed by atoms with Gasteiger partial charge in [-0.05, 0) is 35.4 Å². The Morgan fingerprint density at radius 2 is 2.23 bits per heavy atom. The van der Waals surface area contributed by atoms with Crippen LogP contribution >= 0.6 is 0 Å². The van der Waals surface area contributed by atoms with Crippen LogP contribution in [-0.2, 0) is 6.54 Å². The standard InChI is InChI=1S/C18H17FN4O3/c19-10-4-13(14-7-21-23-15(14)5-10)18(26)22-11-1-2-12-9(3-11)6-20-17(12)16(25)8-24/h1-5,7,16-17,20,24-25H,6,8H2,(H,21,23)(H,22,26)/t16-,17-/m1/s1. The van der Waals surface area contributed by atoms with E-state index in [2.05, 4.69) is 20.8 Å². The first-order chi connectivity index (χ1) is 12.6. The third-order valence-electron chi connectivity index (χ3n) is 4.59. The molecule has 7 nitrogen and oxygen atoms in total. The molecule has 0 aliphatic carbocycles. The van der Waals surface area contributed by atoms with Crippen molar-refractivity contribution in [3.8, 4) is 0 Å². The summed E-state index contributed by atoms with van der Waals surface area (Å²) in [7, 11) is 0. The Morgan fingerprint density at radius 3 is 3.04 bits per heavy atom. The lowest BCUT2D eigenvalue weighted by Crippen LogP contribution is -2.29. The Balaban J connectivity index is 1.60. The third kappa shape index (κ3) is 2.84. The van der Waals surface area contributed by atoms with E-state index in [9.17, 15) is 14.3 Å². The molecule has 0 spiro atoms. The summed E-state index contributed by atoms with van der Waals surface area (Å²) in [6.07, 6.45) is 0.593. The zero-order valence-corrected chi connectivity index (χ0v) is 13.7. The first kappa shape index (κ1) is 16.6. The second-order valence-corrected chi connectivity index (χ2v) is 6.26. The van der Waals surface area contributed by atoms with E-state index in [-0.39, 0.29) is 18.2 Å². The van der Waals surface area contributed by atoms with Gasteiger partial charge in [0.1, 0.15) is 5.82 Å². The number of hydrogen-bond acceptors (Lipinski definition) is 5. The number of hydrogen-bond donors (Lipinski definition) is 5. The van der Waals surface area contributed by atoms with Gasteiger partial charge in [-0.25, -0.2) is 4.39 Å². The van der Waals surface area contributed by atoms with Crippen molar-refractivity contribution in [3.05, 3.63) is 59.0 Å². The molecule has 134 valence electrons. The van der Waals surface area contributed by atoms with Crippen LogP contribution < -0.4 is 10.6 Å². The summed E-state index contributed by atoms with van der Waals surface area (Å²) < 4.78 is 13.7. The second kappa shape index (κ2) is 6.49. The van der Waals surface area contributed by atoms with Gasteiger partial charge in [0.25, 0.3) is 5.91 Å². The van der Waals surface area contributed by atoms with Gasteiger partial charge in [0.05, 0.1) is 36.0 Å². The predicted molar refractivity (Wildman–Crippen MR) is 93.1 cm³/mol. The maximum Gasteiger partial charge on any atom is 0.256 e. The number of aliphatic hydroxyl groups excluding tert-OH is 2. The highest BCUT2D eigenvalue weighted by atomic mass is 19.1. The number of nitrogens with one attached hydrogen (secondary N) is 3. The highest BCUT2D eigenvalue weighted by Gasteiger charge is 2.28. The molecule has 2 heterocycles. The molecule has 1 aromatic heterocycles. The van der Waals surface area contributed by atoms with E-state index >= 15 is 0 Å². The second-order valence-electron chi connectivity index (χ2n) is 6.26. The molecule has 0 saturated heterocycles. The minimum atomic E-state index is -0.890. The topological polar surface area (TPSA) is 110 Å². The molecule has 0 saturated carbocycles. The molecule has 8 heteroatoms. The number of benzene rings is 2. The molecule has 3 aromatic rings. The highest BCUT2D eigenvalue weighted by molar-refractivity contribution is 6.12. The number of carbonyl (C=O) groups is 1. The summed E-state index contributed by atoms with van der Waals surface area (Å²) in [5, 5.41) is 31.9. The largest absolute Gasteiger partial charge is 0.394 e. The van der Waals surface area contributed by atoms with Gasteiger partial charge in [0, 0.05) is 17.6 Å². The Hall–Kier alpha value is -2.81. The van der Waals surface area contributed by atoms with Gasteiger partial charge in [-0.2, -0.15) is 5.10 Å². The number of amides is 1. The number of aromatic nitrogens is 2. The number of carbonyl (C=O) groups excluding carboxylic acids is 1. The summed E-state index contributed by atoms with van der Waals surface area (Å²) in [4.78, 5) is 12.6. The molecular weight excluding hydrogens is 339 g/mol. The summed E-state index contributed by atoms with van der Waals surface area (Å²) in [6.45, 7) is 0.183. The molecule has 2 atom stereocenters. The lowest BCUT2D eigenvalue weighted by atomic mass is 10.0. The molecule has 0 fully saturated rings. The zero-order valence-electron chi connectivity index (χ0n) is 13.7. The SMILES string of the molecule is O=C(Nc1ccc2c(c1)CN[C@H]2[C@H](O)CO)c1cc(F)cc2[nH]ncc12. The minimum Gasteiger partial charge on any atom is -0.394 e. The van der Waals surface area contributed by atoms with Crippen LogP contribution in [0.5, 0.6) is 0 Å². The first-order valence-corrected chi connectivity index (χ1v) is 8.16. The molecule has 1 aliphatic rings. The number of nitrogens with zero attached hydrogens (tertiary/aromatic N) is 1. The molecule has 0 bridgehead atoms. The molecule has 4 rings (SSSR count). The van der Waals surface area contributed by atoms with Crippen molar-refractivity contribution in [3.63, 3.8) is 0 Å². The molecular formula is C18H17FN4O3. The Kier molecular flexibility index (Phi) is 4.15. The van der Waals surface area contributed by atoms with Crippen LogP contribution in [0.3, 0.4) is 0 Å². The van der Waals surface area contributed by atoms with Crippen LogP contribution in [0.15, 0.2) is 36.5 Å². The van der Waals surface area contributed by atoms with Crippen LogP contribution in [-0.4, -0.2) is 39.0 Å². The number of halogens is 1. The van der Waals surface area contributed by atoms with Crippen LogP contribution in [0.4, 0.5) is 10.1 Å². The van der Waals surface area contributed by atoms with Crippen molar-refractivity contribution in [2.75, 3.05) is 11.9 Å². The van der Waals surface area contributed by atoms with Crippen LogP contribution in [0, 0.1) is 5.82 Å². The lowest BCUT2D eigenvalue weighted by Gasteiger charge is -2.17. The molecule has 0 radical (unpaired) electrons. The first-order valence-electron chi connectivity index (χ1n) is 8.16. The van der Waals surface area contributed by atoms with Crippen molar-refractivity contribution in [2.24, 2.45) is 0 Å². The highest BCUT2D eigenvalue weighted by Crippen LogP contribution is 2.30. The fourth-order valence-electron chi connectivity index (χ4n) is 3.32. The van der Waals surface area contributed by atoms with E-state index in [0.717, 1.165) is 11.1 Å². The normalized spacial score (nSPS) is 17.3. The average molecular weight is 356 g/mol. The van der Waals surface area contributed by atoms with Gasteiger partial charge in [0.2, 0.25) is 0 Å². The van der Waals surface area contributed by atoms with E-state index in [1.54, 1.807) is 18.2 Å². The Labute approximate surface area is 147 Å². The fraction of sp³-hybridized carbons (Fsp3) is 0.222. The molecule has 1 aliphatic heterocycles. The average Bonchev–Trinajstić information content (AvgIpc) is 3.26. The molecule has 26 heavy (non-hydrogen) atoms. The van der Waals surface area contributed by atoms with Gasteiger partial charge in [-0.15, -0.1) is 0 Å². The van der Waals surface area contributed by atoms with Gasteiger partial charge in [-0.1, -0.05) is 6.07 Å². The minimum absolute atomic E-state index is 0.195. The fourth-order valence-corrected chi connectivity index (χ4v) is 3.32. The predicted octanol–water partition coefficient (Wildman–Crippen LogP) is 1.45. The number of aromatic amines is 1. The Bertz CT molecular complexity index is 988. The van der Waals surface area contributed by atoms with E-state index < -0.39 is 17.8 Å². The van der Waals surface area contributed by atoms with Gasteiger partial charge in [-0.3, -0.25) is 9.89 Å². The summed E-state index contributed by atoms with van der Waals surface area (Å²) >= 11 is 0. The van der Waals surface area contributed by atoms with Crippen molar-refractivity contribution in [2.45, 2.75) is 18.7 Å². The van der Waals surface area contributed by atoms with Crippen molar-refractivity contribution in [1.82, 2.24) is 15.5 Å². The van der Waals surface area contributed by atoms with Crippen molar-refractivity contribution < 1.29 is 19.4 Å². The quantitative estimate of drug-likeness (QED) is 0.486. The van der Waals surface area contributed by atoms with E-state index in [0.29, 0.717) is 23.1 Å². The molecule has 2 aromatic carbocycles. The molecule has 1 amide bonds. The van der Waals surface area contributed by atoms with Crippen LogP contribution in [0.25, 0.3) is 10.9 Å². The number of fused-ring (bicyclic) bond motifs is 2. The number of rotatable bonds is 4. The van der Waals surface area contributed by atoms with Crippen molar-refractivity contribution in [1.29, 1.82) is 0 Å². The monoisotopic (exact) mass is 356 g/mol.